The average Bonchev–Trinajstić information content (AvgIpc) is 2.17. The Hall–Kier alpha value is -1.31. The van der Waals surface area contributed by atoms with Crippen LogP contribution in [0.15, 0.2) is 24.3 Å². The second kappa shape index (κ2) is 4.08. The monoisotopic (exact) mass is 177 g/mol. The van der Waals surface area contributed by atoms with E-state index in [1.54, 1.807) is 12.1 Å². The van der Waals surface area contributed by atoms with Crippen molar-refractivity contribution in [1.82, 2.24) is 0 Å². The van der Waals surface area contributed by atoms with Crippen molar-refractivity contribution in [3.8, 4) is 0 Å². The van der Waals surface area contributed by atoms with E-state index in [0.717, 1.165) is 12.0 Å². The van der Waals surface area contributed by atoms with Gasteiger partial charge in [0.15, 0.2) is 0 Å². The molecule has 1 aromatic rings. The summed E-state index contributed by atoms with van der Waals surface area (Å²) in [5, 5.41) is 8.66. The van der Waals surface area contributed by atoms with Crippen LogP contribution < -0.4 is 0 Å². The van der Waals surface area contributed by atoms with Gasteiger partial charge in [-0.05, 0) is 37.0 Å². The second-order valence-electron chi connectivity index (χ2n) is 3.03. The van der Waals surface area contributed by atoms with Gasteiger partial charge in [0.05, 0.1) is 5.56 Å². The topological polar surface area (TPSA) is 37.3 Å². The van der Waals surface area contributed by atoms with Crippen LogP contribution in [0.3, 0.4) is 0 Å². The smallest absolute Gasteiger partial charge is 0.335 e. The van der Waals surface area contributed by atoms with Gasteiger partial charge in [0, 0.05) is 0 Å². The van der Waals surface area contributed by atoms with E-state index >= 15 is 0 Å². The normalized spacial score (nSPS) is 12.5. The molecular formula is C11H13O2. The minimum Gasteiger partial charge on any atom is -0.478 e. The zero-order chi connectivity index (χ0) is 9.84. The van der Waals surface area contributed by atoms with Crippen LogP contribution in [-0.2, 0) is 0 Å². The van der Waals surface area contributed by atoms with Gasteiger partial charge >= 0.3 is 5.97 Å². The third kappa shape index (κ3) is 2.31. The quantitative estimate of drug-likeness (QED) is 0.770. The van der Waals surface area contributed by atoms with Crippen LogP contribution in [0.4, 0.5) is 0 Å². The number of aromatic carboxylic acids is 1. The number of hydrogen-bond acceptors (Lipinski definition) is 1. The van der Waals surface area contributed by atoms with Crippen LogP contribution in [0.25, 0.3) is 0 Å². The van der Waals surface area contributed by atoms with Crippen molar-refractivity contribution in [3.05, 3.63) is 42.3 Å². The number of carbonyl (C=O) groups is 1. The van der Waals surface area contributed by atoms with E-state index in [0.29, 0.717) is 5.56 Å². The molecule has 2 nitrogen and oxygen atoms in total. The van der Waals surface area contributed by atoms with Crippen molar-refractivity contribution < 1.29 is 9.90 Å². The fourth-order valence-corrected chi connectivity index (χ4v) is 1.13. The molecule has 0 saturated carbocycles. The first-order chi connectivity index (χ1) is 6.15. The molecule has 69 valence electrons. The highest BCUT2D eigenvalue weighted by Crippen LogP contribution is 2.18. The van der Waals surface area contributed by atoms with Gasteiger partial charge in [-0.3, -0.25) is 0 Å². The molecular weight excluding hydrogens is 164 g/mol. The van der Waals surface area contributed by atoms with Gasteiger partial charge in [0.25, 0.3) is 0 Å². The Labute approximate surface area is 78.2 Å². The summed E-state index contributed by atoms with van der Waals surface area (Å²) in [6, 6.07) is 6.88. The third-order valence-corrected chi connectivity index (χ3v) is 2.12. The van der Waals surface area contributed by atoms with E-state index < -0.39 is 5.97 Å². The van der Waals surface area contributed by atoms with Crippen LogP contribution in [0.2, 0.25) is 0 Å². The summed E-state index contributed by atoms with van der Waals surface area (Å²) in [6.45, 7) is 6.01. The van der Waals surface area contributed by atoms with E-state index in [1.807, 2.05) is 12.1 Å². The van der Waals surface area contributed by atoms with Gasteiger partial charge in [0.1, 0.15) is 0 Å². The molecule has 0 aliphatic heterocycles. The van der Waals surface area contributed by atoms with E-state index in [9.17, 15) is 4.79 Å². The molecule has 0 amide bonds. The molecule has 0 aliphatic carbocycles. The zero-order valence-electron chi connectivity index (χ0n) is 7.66. The standard InChI is InChI=1S/C11H13O2/c1-3-8(2)9-4-6-10(7-5-9)11(12)13/h4-8H,2-3H2,1H3,(H,12,13). The number of carboxylic acids is 1. The van der Waals surface area contributed by atoms with Crippen molar-refractivity contribution in [2.75, 3.05) is 0 Å². The second-order valence-corrected chi connectivity index (χ2v) is 3.03. The molecule has 0 heterocycles. The van der Waals surface area contributed by atoms with Gasteiger partial charge in [-0.1, -0.05) is 19.1 Å². The number of hydrogen-bond donors (Lipinski definition) is 1. The van der Waals surface area contributed by atoms with E-state index in [1.165, 1.54) is 0 Å². The fourth-order valence-electron chi connectivity index (χ4n) is 1.13. The predicted octanol–water partition coefficient (Wildman–Crippen LogP) is 2.71. The summed E-state index contributed by atoms with van der Waals surface area (Å²) in [5.74, 6) is -0.633. The molecule has 1 atom stereocenters. The minimum absolute atomic E-state index is 0.253. The average molecular weight is 177 g/mol. The number of carboxylic acid groups (broad SMARTS) is 1. The predicted molar refractivity (Wildman–Crippen MR) is 51.8 cm³/mol. The van der Waals surface area contributed by atoms with E-state index in [-0.39, 0.29) is 5.92 Å². The highest BCUT2D eigenvalue weighted by molar-refractivity contribution is 5.87. The Bertz CT molecular complexity index is 287. The highest BCUT2D eigenvalue weighted by atomic mass is 16.4. The first kappa shape index (κ1) is 9.78. The minimum atomic E-state index is -0.885. The Balaban J connectivity index is 2.87. The van der Waals surface area contributed by atoms with Crippen molar-refractivity contribution in [2.45, 2.75) is 19.3 Å². The van der Waals surface area contributed by atoms with Crippen LogP contribution in [0.5, 0.6) is 0 Å². The molecule has 13 heavy (non-hydrogen) atoms. The first-order valence-electron chi connectivity index (χ1n) is 4.31. The van der Waals surface area contributed by atoms with Gasteiger partial charge in [-0.25, -0.2) is 4.79 Å². The third-order valence-electron chi connectivity index (χ3n) is 2.12. The molecule has 0 fully saturated rings. The summed E-state index contributed by atoms with van der Waals surface area (Å²) in [4.78, 5) is 10.5. The molecule has 0 spiro atoms. The van der Waals surface area contributed by atoms with Crippen LogP contribution in [0, 0.1) is 6.92 Å². The fraction of sp³-hybridized carbons (Fsp3) is 0.273. The van der Waals surface area contributed by atoms with E-state index in [2.05, 4.69) is 13.8 Å². The molecule has 0 aromatic heterocycles. The van der Waals surface area contributed by atoms with Crippen molar-refractivity contribution in [1.29, 1.82) is 0 Å². The lowest BCUT2D eigenvalue weighted by atomic mass is 9.98. The molecule has 0 bridgehead atoms. The van der Waals surface area contributed by atoms with Crippen molar-refractivity contribution >= 4 is 5.97 Å². The highest BCUT2D eigenvalue weighted by Gasteiger charge is 2.05. The molecule has 2 heteroatoms. The van der Waals surface area contributed by atoms with Crippen LogP contribution in [0.1, 0.15) is 35.2 Å². The molecule has 0 saturated heterocycles. The maximum Gasteiger partial charge on any atom is 0.335 e. The lowest BCUT2D eigenvalue weighted by Gasteiger charge is -2.07. The summed E-state index contributed by atoms with van der Waals surface area (Å²) < 4.78 is 0. The molecule has 1 radical (unpaired) electrons. The van der Waals surface area contributed by atoms with Gasteiger partial charge in [0.2, 0.25) is 0 Å². The largest absolute Gasteiger partial charge is 0.478 e. The number of rotatable bonds is 3. The summed E-state index contributed by atoms with van der Waals surface area (Å²) >= 11 is 0. The first-order valence-corrected chi connectivity index (χ1v) is 4.31. The zero-order valence-corrected chi connectivity index (χ0v) is 7.66. The SMILES string of the molecule is [CH2]C(CC)c1ccc(C(=O)O)cc1. The summed E-state index contributed by atoms with van der Waals surface area (Å²) in [7, 11) is 0. The lowest BCUT2D eigenvalue weighted by Crippen LogP contribution is -1.97. The summed E-state index contributed by atoms with van der Waals surface area (Å²) in [5.41, 5.74) is 1.42. The Morgan fingerprint density at radius 1 is 1.46 bits per heavy atom. The van der Waals surface area contributed by atoms with Crippen molar-refractivity contribution in [2.24, 2.45) is 0 Å². The Kier molecular flexibility index (Phi) is 3.07. The van der Waals surface area contributed by atoms with Gasteiger partial charge in [-0.15, -0.1) is 0 Å². The lowest BCUT2D eigenvalue weighted by molar-refractivity contribution is 0.0697. The Morgan fingerprint density at radius 2 is 2.00 bits per heavy atom. The molecule has 0 aliphatic rings. The van der Waals surface area contributed by atoms with Crippen LogP contribution in [-0.4, -0.2) is 11.1 Å². The Morgan fingerprint density at radius 3 is 2.38 bits per heavy atom. The van der Waals surface area contributed by atoms with Crippen molar-refractivity contribution in [3.63, 3.8) is 0 Å². The molecule has 1 rings (SSSR count). The maximum absolute atomic E-state index is 10.5. The van der Waals surface area contributed by atoms with Gasteiger partial charge in [-0.2, -0.15) is 0 Å². The molecule has 1 unspecified atom stereocenters. The number of benzene rings is 1. The molecule has 1 aromatic carbocycles. The van der Waals surface area contributed by atoms with E-state index in [4.69, 9.17) is 5.11 Å². The van der Waals surface area contributed by atoms with Crippen LogP contribution >= 0.6 is 0 Å². The molecule has 1 N–H and O–H groups in total. The maximum atomic E-state index is 10.5. The van der Waals surface area contributed by atoms with Gasteiger partial charge < -0.3 is 5.11 Å². The summed E-state index contributed by atoms with van der Waals surface area (Å²) in [6.07, 6.45) is 0.965.